The van der Waals surface area contributed by atoms with Crippen LogP contribution in [0.25, 0.3) is 11.8 Å². The third-order valence-corrected chi connectivity index (χ3v) is 4.51. The molecule has 3 rings (SSSR count). The highest BCUT2D eigenvalue weighted by Crippen LogP contribution is 2.18. The van der Waals surface area contributed by atoms with Crippen molar-refractivity contribution in [2.75, 3.05) is 26.3 Å². The lowest BCUT2D eigenvalue weighted by molar-refractivity contribution is -0.129. The van der Waals surface area contributed by atoms with Gasteiger partial charge in [0.1, 0.15) is 5.70 Å². The molecule has 0 bridgehead atoms. The second kappa shape index (κ2) is 8.15. The highest BCUT2D eigenvalue weighted by atomic mass is 16.5. The molecule has 1 fully saturated rings. The van der Waals surface area contributed by atoms with Crippen molar-refractivity contribution in [2.24, 2.45) is 0 Å². The van der Waals surface area contributed by atoms with Crippen molar-refractivity contribution in [2.45, 2.75) is 19.8 Å². The van der Waals surface area contributed by atoms with Crippen LogP contribution in [0.15, 0.2) is 53.5 Å². The van der Waals surface area contributed by atoms with Crippen molar-refractivity contribution >= 4 is 17.7 Å². The number of hydrogen-bond donors (Lipinski definition) is 0. The normalized spacial score (nSPS) is 15.3. The Morgan fingerprint density at radius 3 is 2.38 bits per heavy atom. The molecular formula is C21H24N2O3. The lowest BCUT2D eigenvalue weighted by Crippen LogP contribution is -2.42. The molecule has 1 saturated heterocycles. The molecule has 1 amide bonds. The van der Waals surface area contributed by atoms with Gasteiger partial charge in [0.2, 0.25) is 0 Å². The maximum Gasteiger partial charge on any atom is 0.271 e. The average molecular weight is 352 g/mol. The summed E-state index contributed by atoms with van der Waals surface area (Å²) in [5, 5.41) is 0. The number of aromatic nitrogens is 1. The molecule has 1 aromatic heterocycles. The van der Waals surface area contributed by atoms with Crippen LogP contribution in [-0.4, -0.2) is 41.7 Å². The first-order valence-corrected chi connectivity index (χ1v) is 8.93. The number of nitrogens with zero attached hydrogens (tertiary/aromatic N) is 2. The van der Waals surface area contributed by atoms with Gasteiger partial charge in [-0.2, -0.15) is 0 Å². The molecule has 2 aromatic rings. The van der Waals surface area contributed by atoms with Crippen LogP contribution in [0.5, 0.6) is 0 Å². The first kappa shape index (κ1) is 18.1. The summed E-state index contributed by atoms with van der Waals surface area (Å²) in [7, 11) is 0. The molecule has 0 radical (unpaired) electrons. The first-order valence-electron chi connectivity index (χ1n) is 8.93. The predicted molar refractivity (Wildman–Crippen MR) is 103 cm³/mol. The predicted octanol–water partition coefficient (Wildman–Crippen LogP) is 2.83. The Hall–Kier alpha value is -2.66. The van der Waals surface area contributed by atoms with Crippen LogP contribution in [0.3, 0.4) is 0 Å². The second-order valence-electron chi connectivity index (χ2n) is 6.66. The zero-order valence-corrected chi connectivity index (χ0v) is 15.2. The zero-order chi connectivity index (χ0) is 18.5. The van der Waals surface area contributed by atoms with E-state index in [0.29, 0.717) is 37.9 Å². The molecule has 1 aliphatic heterocycles. The van der Waals surface area contributed by atoms with Gasteiger partial charge in [-0.05, 0) is 29.2 Å². The second-order valence-corrected chi connectivity index (χ2v) is 6.66. The van der Waals surface area contributed by atoms with Crippen molar-refractivity contribution in [1.29, 1.82) is 0 Å². The molecule has 0 aliphatic carbocycles. The van der Waals surface area contributed by atoms with Gasteiger partial charge in [0.05, 0.1) is 13.2 Å². The maximum absolute atomic E-state index is 13.1. The Labute approximate surface area is 153 Å². The maximum atomic E-state index is 13.1. The van der Waals surface area contributed by atoms with Crippen molar-refractivity contribution < 1.29 is 9.53 Å². The minimum absolute atomic E-state index is 0.158. The summed E-state index contributed by atoms with van der Waals surface area (Å²) in [4.78, 5) is 27.1. The molecule has 136 valence electrons. The fourth-order valence-corrected chi connectivity index (χ4v) is 2.92. The van der Waals surface area contributed by atoms with Gasteiger partial charge in [0.15, 0.2) is 0 Å². The van der Waals surface area contributed by atoms with Crippen molar-refractivity contribution in [3.8, 4) is 0 Å². The number of benzene rings is 1. The Kier molecular flexibility index (Phi) is 5.68. The van der Waals surface area contributed by atoms with Crippen LogP contribution in [0.2, 0.25) is 0 Å². The number of rotatable bonds is 4. The number of morpholine rings is 1. The summed E-state index contributed by atoms with van der Waals surface area (Å²) in [5.74, 6) is 0.286. The lowest BCUT2D eigenvalue weighted by Gasteiger charge is -2.28. The van der Waals surface area contributed by atoms with Crippen LogP contribution < -0.4 is 5.56 Å². The molecule has 0 N–H and O–H groups in total. The quantitative estimate of drug-likeness (QED) is 0.795. The molecule has 1 aliphatic rings. The standard InChI is InChI=1S/C21H24N2O3/c1-16(2)18-8-6-17(7-9-18)15-19(23-10-4-3-5-20(23)24)21(25)22-11-13-26-14-12-22/h3-10,15-16H,11-14H2,1-2H3. The summed E-state index contributed by atoms with van der Waals surface area (Å²) in [5.41, 5.74) is 2.26. The first-order chi connectivity index (χ1) is 12.6. The van der Waals surface area contributed by atoms with E-state index >= 15 is 0 Å². The minimum Gasteiger partial charge on any atom is -0.378 e. The molecule has 5 nitrogen and oxygen atoms in total. The molecular weight excluding hydrogens is 328 g/mol. The van der Waals surface area contributed by atoms with Gasteiger partial charge in [0, 0.05) is 25.4 Å². The number of carbonyl (C=O) groups excluding carboxylic acids is 1. The van der Waals surface area contributed by atoms with Crippen LogP contribution in [0.4, 0.5) is 0 Å². The van der Waals surface area contributed by atoms with Gasteiger partial charge in [-0.3, -0.25) is 14.2 Å². The van der Waals surface area contributed by atoms with E-state index in [9.17, 15) is 9.59 Å². The molecule has 26 heavy (non-hydrogen) atoms. The molecule has 0 spiro atoms. The van der Waals surface area contributed by atoms with Gasteiger partial charge in [-0.25, -0.2) is 0 Å². The highest BCUT2D eigenvalue weighted by Gasteiger charge is 2.22. The number of hydrogen-bond acceptors (Lipinski definition) is 3. The summed E-state index contributed by atoms with van der Waals surface area (Å²) < 4.78 is 6.74. The Bertz CT molecular complexity index is 844. The van der Waals surface area contributed by atoms with Gasteiger partial charge in [0.25, 0.3) is 11.5 Å². The molecule has 0 saturated carbocycles. The topological polar surface area (TPSA) is 51.5 Å². The van der Waals surface area contributed by atoms with E-state index in [-0.39, 0.29) is 11.5 Å². The van der Waals surface area contributed by atoms with E-state index < -0.39 is 0 Å². The highest BCUT2D eigenvalue weighted by molar-refractivity contribution is 6.18. The van der Waals surface area contributed by atoms with E-state index in [0.717, 1.165) is 5.56 Å². The smallest absolute Gasteiger partial charge is 0.271 e. The van der Waals surface area contributed by atoms with Crippen LogP contribution in [0, 0.1) is 0 Å². The van der Waals surface area contributed by atoms with Gasteiger partial charge in [-0.1, -0.05) is 44.2 Å². The van der Waals surface area contributed by atoms with Gasteiger partial charge < -0.3 is 9.64 Å². The monoisotopic (exact) mass is 352 g/mol. The van der Waals surface area contributed by atoms with E-state index in [1.807, 2.05) is 12.1 Å². The average Bonchev–Trinajstić information content (AvgIpc) is 2.67. The van der Waals surface area contributed by atoms with Crippen LogP contribution >= 0.6 is 0 Å². The molecule has 0 unspecified atom stereocenters. The Morgan fingerprint density at radius 2 is 1.77 bits per heavy atom. The zero-order valence-electron chi connectivity index (χ0n) is 15.2. The third kappa shape index (κ3) is 4.11. The van der Waals surface area contributed by atoms with E-state index in [1.165, 1.54) is 16.2 Å². The van der Waals surface area contributed by atoms with Crippen molar-refractivity contribution in [3.05, 3.63) is 70.1 Å². The fourth-order valence-electron chi connectivity index (χ4n) is 2.92. The van der Waals surface area contributed by atoms with Crippen molar-refractivity contribution in [1.82, 2.24) is 9.47 Å². The molecule has 2 heterocycles. The van der Waals surface area contributed by atoms with E-state index in [4.69, 9.17) is 4.74 Å². The number of pyridine rings is 1. The van der Waals surface area contributed by atoms with E-state index in [2.05, 4.69) is 26.0 Å². The molecule has 0 atom stereocenters. The Balaban J connectivity index is 2.01. The lowest BCUT2D eigenvalue weighted by atomic mass is 10.0. The summed E-state index contributed by atoms with van der Waals surface area (Å²) in [6.07, 6.45) is 3.41. The minimum atomic E-state index is -0.223. The van der Waals surface area contributed by atoms with Crippen LogP contribution in [-0.2, 0) is 9.53 Å². The molecule has 5 heteroatoms. The molecule has 1 aromatic carbocycles. The fraction of sp³-hybridized carbons (Fsp3) is 0.333. The summed E-state index contributed by atoms with van der Waals surface area (Å²) in [6.45, 7) is 6.38. The number of ether oxygens (including phenoxy) is 1. The Morgan fingerprint density at radius 1 is 1.08 bits per heavy atom. The summed E-state index contributed by atoms with van der Waals surface area (Å²) in [6, 6.07) is 13.0. The third-order valence-electron chi connectivity index (χ3n) is 4.51. The SMILES string of the molecule is CC(C)c1ccc(C=C(C(=O)N2CCOCC2)n2ccccc2=O)cc1. The van der Waals surface area contributed by atoms with Gasteiger partial charge in [-0.15, -0.1) is 0 Å². The van der Waals surface area contributed by atoms with Crippen LogP contribution in [0.1, 0.15) is 30.9 Å². The number of carbonyl (C=O) groups is 1. The van der Waals surface area contributed by atoms with E-state index in [1.54, 1.807) is 29.3 Å². The number of amides is 1. The van der Waals surface area contributed by atoms with Crippen molar-refractivity contribution in [3.63, 3.8) is 0 Å². The van der Waals surface area contributed by atoms with Gasteiger partial charge >= 0.3 is 0 Å². The largest absolute Gasteiger partial charge is 0.378 e. The summed E-state index contributed by atoms with van der Waals surface area (Å²) >= 11 is 0.